The van der Waals surface area contributed by atoms with Crippen LogP contribution in [0.2, 0.25) is 0 Å². The normalized spacial score (nSPS) is 13.9. The van der Waals surface area contributed by atoms with Gasteiger partial charge >= 0.3 is 0 Å². The van der Waals surface area contributed by atoms with E-state index < -0.39 is 5.41 Å². The largest absolute Gasteiger partial charge is 0.456 e. The third kappa shape index (κ3) is 5.29. The fourth-order valence-corrected chi connectivity index (χ4v) is 10.7. The average molecular weight is 794 g/mol. The summed E-state index contributed by atoms with van der Waals surface area (Å²) in [5, 5.41) is 1.14. The van der Waals surface area contributed by atoms with Gasteiger partial charge in [-0.1, -0.05) is 196 Å². The molecular weight excluding hydrogens is 751 g/mol. The van der Waals surface area contributed by atoms with Crippen LogP contribution in [0.4, 0.5) is 17.1 Å². The van der Waals surface area contributed by atoms with Crippen LogP contribution in [-0.4, -0.2) is 0 Å². The number of hydrogen-bond acceptors (Lipinski definition) is 2. The lowest BCUT2D eigenvalue weighted by Crippen LogP contribution is -2.29. The monoisotopic (exact) mass is 793 g/mol. The van der Waals surface area contributed by atoms with Crippen LogP contribution in [0.15, 0.2) is 229 Å². The van der Waals surface area contributed by atoms with Crippen molar-refractivity contribution >= 4 is 28.0 Å². The Morgan fingerprint density at radius 3 is 1.58 bits per heavy atom. The molecule has 0 radical (unpaired) electrons. The Bertz CT molecular complexity index is 3250. The summed E-state index contributed by atoms with van der Waals surface area (Å²) in [7, 11) is 0. The Kier molecular flexibility index (Phi) is 8.14. The lowest BCUT2D eigenvalue weighted by molar-refractivity contribution is 0.628. The van der Waals surface area contributed by atoms with Gasteiger partial charge in [-0.2, -0.15) is 0 Å². The molecule has 0 amide bonds. The zero-order valence-electron chi connectivity index (χ0n) is 34.7. The molecule has 0 atom stereocenters. The second kappa shape index (κ2) is 13.9. The minimum Gasteiger partial charge on any atom is -0.456 e. The number of para-hydroxylation sites is 1. The van der Waals surface area contributed by atoms with Gasteiger partial charge in [0.1, 0.15) is 11.3 Å². The first-order valence-corrected chi connectivity index (χ1v) is 21.6. The molecule has 1 heterocycles. The maximum absolute atomic E-state index is 6.87. The lowest BCUT2D eigenvalue weighted by Gasteiger charge is -2.35. The van der Waals surface area contributed by atoms with Gasteiger partial charge in [0.25, 0.3) is 0 Å². The van der Waals surface area contributed by atoms with Gasteiger partial charge in [0, 0.05) is 39.0 Å². The smallest absolute Gasteiger partial charge is 0.140 e. The lowest BCUT2D eigenvalue weighted by atomic mass is 9.65. The zero-order chi connectivity index (χ0) is 41.4. The average Bonchev–Trinajstić information content (AvgIpc) is 3.94. The highest BCUT2D eigenvalue weighted by Gasteiger charge is 2.51. The molecule has 12 rings (SSSR count). The highest BCUT2D eigenvalue weighted by molar-refractivity contribution is 6.00. The maximum Gasteiger partial charge on any atom is 0.140 e. The van der Waals surface area contributed by atoms with Gasteiger partial charge < -0.3 is 9.32 Å². The number of furan rings is 1. The van der Waals surface area contributed by atoms with Gasteiger partial charge in [-0.15, -0.1) is 0 Å². The third-order valence-corrected chi connectivity index (χ3v) is 13.6. The number of hydrogen-bond donors (Lipinski definition) is 0. The zero-order valence-corrected chi connectivity index (χ0v) is 34.7. The van der Waals surface area contributed by atoms with E-state index in [1.165, 1.54) is 61.2 Å². The second-order valence-electron chi connectivity index (χ2n) is 17.2. The standard InChI is InChI=1S/C60H43NO/c1-59(2)53-27-14-12-23-49(53)50-38-37-47(39-54(50)59)61(45-33-29-41(30-34-45)40-17-6-3-7-18-40)46-35-31-42(32-36-46)48-25-16-26-52-56(48)60(43-19-8-4-9-20-43,44-21-10-5-11-22-44)57-51-24-13-15-28-55(51)62-58(52)57/h3-39H,1-2H3. The van der Waals surface area contributed by atoms with Crippen molar-refractivity contribution in [2.45, 2.75) is 24.7 Å². The van der Waals surface area contributed by atoms with Gasteiger partial charge in [0.05, 0.1) is 5.41 Å². The van der Waals surface area contributed by atoms with Crippen molar-refractivity contribution in [3.05, 3.63) is 258 Å². The van der Waals surface area contributed by atoms with Crippen LogP contribution in [0.3, 0.4) is 0 Å². The summed E-state index contributed by atoms with van der Waals surface area (Å²) in [6.45, 7) is 4.71. The molecule has 2 nitrogen and oxygen atoms in total. The summed E-state index contributed by atoms with van der Waals surface area (Å²) in [5.74, 6) is 0.944. The maximum atomic E-state index is 6.87. The first-order valence-electron chi connectivity index (χ1n) is 21.6. The summed E-state index contributed by atoms with van der Waals surface area (Å²) in [6, 6.07) is 82.0. The SMILES string of the molecule is CC1(C)c2ccccc2-c2ccc(N(c3ccc(-c4ccccc4)cc3)c3ccc(-c4cccc5c4C(c4ccccc4)(c4ccccc4)c4c-5oc5ccccc45)cc3)cc21. The van der Waals surface area contributed by atoms with Crippen LogP contribution >= 0.6 is 0 Å². The predicted molar refractivity (Wildman–Crippen MR) is 257 cm³/mol. The number of nitrogens with zero attached hydrogens (tertiary/aromatic N) is 1. The molecule has 0 fully saturated rings. The van der Waals surface area contributed by atoms with E-state index in [1.54, 1.807) is 0 Å². The molecule has 62 heavy (non-hydrogen) atoms. The Hall–Kier alpha value is -7.68. The van der Waals surface area contributed by atoms with Gasteiger partial charge in [0.15, 0.2) is 0 Å². The van der Waals surface area contributed by atoms with Gasteiger partial charge in [-0.25, -0.2) is 0 Å². The van der Waals surface area contributed by atoms with E-state index in [4.69, 9.17) is 4.42 Å². The topological polar surface area (TPSA) is 16.4 Å². The van der Waals surface area contributed by atoms with Crippen LogP contribution in [-0.2, 0) is 10.8 Å². The number of rotatable bonds is 7. The van der Waals surface area contributed by atoms with E-state index >= 15 is 0 Å². The molecule has 2 aliphatic carbocycles. The predicted octanol–water partition coefficient (Wildman–Crippen LogP) is 15.9. The highest BCUT2D eigenvalue weighted by atomic mass is 16.3. The van der Waals surface area contributed by atoms with E-state index in [1.807, 2.05) is 0 Å². The van der Waals surface area contributed by atoms with Crippen molar-refractivity contribution in [1.82, 2.24) is 0 Å². The molecule has 10 aromatic rings. The Labute approximate surface area is 363 Å². The fraction of sp³-hybridized carbons (Fsp3) is 0.0667. The Balaban J connectivity index is 1.04. The van der Waals surface area contributed by atoms with Crippen LogP contribution < -0.4 is 4.90 Å². The summed E-state index contributed by atoms with van der Waals surface area (Å²) in [5.41, 5.74) is 19.6. The molecule has 9 aromatic carbocycles. The molecule has 0 spiro atoms. The van der Waals surface area contributed by atoms with Crippen LogP contribution in [0.25, 0.3) is 55.7 Å². The first kappa shape index (κ1) is 36.2. The molecule has 2 heteroatoms. The Morgan fingerprint density at radius 1 is 0.371 bits per heavy atom. The van der Waals surface area contributed by atoms with E-state index in [-0.39, 0.29) is 5.41 Å². The molecule has 294 valence electrons. The van der Waals surface area contributed by atoms with Gasteiger partial charge in [-0.3, -0.25) is 0 Å². The quantitative estimate of drug-likeness (QED) is 0.160. The van der Waals surface area contributed by atoms with Gasteiger partial charge in [-0.05, 0) is 104 Å². The van der Waals surface area contributed by atoms with Crippen molar-refractivity contribution in [2.24, 2.45) is 0 Å². The molecule has 0 N–H and O–H groups in total. The summed E-state index contributed by atoms with van der Waals surface area (Å²) < 4.78 is 6.87. The highest BCUT2D eigenvalue weighted by Crippen LogP contribution is 2.61. The van der Waals surface area contributed by atoms with Crippen LogP contribution in [0, 0.1) is 0 Å². The number of anilines is 3. The number of benzene rings is 9. The second-order valence-corrected chi connectivity index (χ2v) is 17.2. The molecule has 0 saturated heterocycles. The van der Waals surface area contributed by atoms with Crippen molar-refractivity contribution < 1.29 is 4.42 Å². The van der Waals surface area contributed by atoms with Gasteiger partial charge in [0.2, 0.25) is 0 Å². The molecular formula is C60H43NO. The Morgan fingerprint density at radius 2 is 0.887 bits per heavy atom. The molecule has 0 saturated carbocycles. The molecule has 1 aromatic heterocycles. The minimum absolute atomic E-state index is 0.120. The van der Waals surface area contributed by atoms with Crippen molar-refractivity contribution in [3.8, 4) is 44.7 Å². The molecule has 0 bridgehead atoms. The summed E-state index contributed by atoms with van der Waals surface area (Å²) in [6.07, 6.45) is 0. The van der Waals surface area contributed by atoms with Crippen molar-refractivity contribution in [3.63, 3.8) is 0 Å². The van der Waals surface area contributed by atoms with Crippen LogP contribution in [0.5, 0.6) is 0 Å². The minimum atomic E-state index is -0.615. The van der Waals surface area contributed by atoms with E-state index in [0.717, 1.165) is 44.9 Å². The van der Waals surface area contributed by atoms with Crippen molar-refractivity contribution in [1.29, 1.82) is 0 Å². The fourth-order valence-electron chi connectivity index (χ4n) is 10.7. The summed E-state index contributed by atoms with van der Waals surface area (Å²) >= 11 is 0. The van der Waals surface area contributed by atoms with E-state index in [0.29, 0.717) is 0 Å². The van der Waals surface area contributed by atoms with E-state index in [2.05, 4.69) is 243 Å². The third-order valence-electron chi connectivity index (χ3n) is 13.6. The molecule has 0 aliphatic heterocycles. The van der Waals surface area contributed by atoms with Crippen molar-refractivity contribution in [2.75, 3.05) is 4.90 Å². The molecule has 2 aliphatic rings. The van der Waals surface area contributed by atoms with Crippen LogP contribution in [0.1, 0.15) is 47.2 Å². The molecule has 0 unspecified atom stereocenters. The van der Waals surface area contributed by atoms with E-state index in [9.17, 15) is 0 Å². The summed E-state index contributed by atoms with van der Waals surface area (Å²) in [4.78, 5) is 2.41. The first-order chi connectivity index (χ1) is 30.5. The number of fused-ring (bicyclic) bond motifs is 8.